The molecule has 0 saturated heterocycles. The zero-order valence-electron chi connectivity index (χ0n) is 15.2. The first-order chi connectivity index (χ1) is 13.2. The molecule has 0 aromatic heterocycles. The predicted octanol–water partition coefficient (Wildman–Crippen LogP) is 4.89. The van der Waals surface area contributed by atoms with Crippen LogP contribution in [-0.2, 0) is 4.79 Å². The maximum atomic E-state index is 12.5. The Balaban J connectivity index is 1.66. The molecule has 3 rings (SSSR count). The highest BCUT2D eigenvalue weighted by Gasteiger charge is 2.17. The minimum absolute atomic E-state index is 0.269. The van der Waals surface area contributed by atoms with Gasteiger partial charge in [-0.3, -0.25) is 4.79 Å². The number of amides is 1. The van der Waals surface area contributed by atoms with Gasteiger partial charge < -0.3 is 19.5 Å². The van der Waals surface area contributed by atoms with Gasteiger partial charge >= 0.3 is 0 Å². The number of methoxy groups -OCH3 is 1. The fraction of sp³-hybridized carbons (Fsp3) is 0.136. The second-order valence-corrected chi connectivity index (χ2v) is 5.84. The van der Waals surface area contributed by atoms with E-state index in [1.54, 1.807) is 50.4 Å². The number of carbonyl (C=O) groups is 1. The van der Waals surface area contributed by atoms with Gasteiger partial charge in [-0.05, 0) is 55.5 Å². The molecular weight excluding hydrogens is 342 g/mol. The van der Waals surface area contributed by atoms with Crippen molar-refractivity contribution in [1.82, 2.24) is 0 Å². The van der Waals surface area contributed by atoms with Crippen molar-refractivity contribution < 1.29 is 19.0 Å². The molecule has 0 fully saturated rings. The summed E-state index contributed by atoms with van der Waals surface area (Å²) < 4.78 is 16.7. The number of nitrogens with one attached hydrogen (secondary N) is 1. The smallest absolute Gasteiger partial charge is 0.265 e. The Labute approximate surface area is 158 Å². The monoisotopic (exact) mass is 363 g/mol. The molecule has 1 unspecified atom stereocenters. The van der Waals surface area contributed by atoms with Gasteiger partial charge in [0, 0.05) is 0 Å². The molecule has 0 heterocycles. The van der Waals surface area contributed by atoms with Crippen molar-refractivity contribution >= 4 is 11.6 Å². The highest BCUT2D eigenvalue weighted by molar-refractivity contribution is 5.95. The summed E-state index contributed by atoms with van der Waals surface area (Å²) in [4.78, 5) is 12.5. The van der Waals surface area contributed by atoms with Crippen molar-refractivity contribution in [2.45, 2.75) is 13.0 Å². The second-order valence-electron chi connectivity index (χ2n) is 5.84. The molecule has 27 heavy (non-hydrogen) atoms. The zero-order chi connectivity index (χ0) is 19.1. The molecule has 138 valence electrons. The first-order valence-electron chi connectivity index (χ1n) is 8.59. The standard InChI is InChI=1S/C22H21NO4/c1-16(26-19-14-12-17(25-2)13-15-19)22(24)23-20-10-6-7-11-21(20)27-18-8-4-3-5-9-18/h3-16H,1-2H3,(H,23,24). The van der Waals surface area contributed by atoms with Crippen LogP contribution in [0.4, 0.5) is 5.69 Å². The van der Waals surface area contributed by atoms with Gasteiger partial charge in [0.25, 0.3) is 5.91 Å². The number of ether oxygens (including phenoxy) is 3. The largest absolute Gasteiger partial charge is 0.497 e. The van der Waals surface area contributed by atoms with Crippen LogP contribution in [-0.4, -0.2) is 19.1 Å². The van der Waals surface area contributed by atoms with Gasteiger partial charge in [0.2, 0.25) is 0 Å². The topological polar surface area (TPSA) is 56.8 Å². The number of rotatable bonds is 7. The van der Waals surface area contributed by atoms with Crippen LogP contribution in [0.1, 0.15) is 6.92 Å². The molecule has 0 radical (unpaired) electrons. The Bertz CT molecular complexity index is 878. The molecule has 0 aliphatic carbocycles. The number of hydrogen-bond donors (Lipinski definition) is 1. The minimum atomic E-state index is -0.678. The van der Waals surface area contributed by atoms with Gasteiger partial charge in [-0.1, -0.05) is 30.3 Å². The predicted molar refractivity (Wildman–Crippen MR) is 105 cm³/mol. The Kier molecular flexibility index (Phi) is 5.94. The molecule has 0 aliphatic heterocycles. The van der Waals surface area contributed by atoms with Gasteiger partial charge in [0.15, 0.2) is 11.9 Å². The van der Waals surface area contributed by atoms with Crippen LogP contribution in [0.5, 0.6) is 23.0 Å². The highest BCUT2D eigenvalue weighted by Crippen LogP contribution is 2.29. The number of para-hydroxylation sites is 3. The summed E-state index contributed by atoms with van der Waals surface area (Å²) in [6.45, 7) is 1.69. The number of hydrogen-bond acceptors (Lipinski definition) is 4. The Morgan fingerprint density at radius 3 is 2.15 bits per heavy atom. The lowest BCUT2D eigenvalue weighted by Gasteiger charge is -2.17. The third-order valence-corrected chi connectivity index (χ3v) is 3.86. The lowest BCUT2D eigenvalue weighted by atomic mass is 10.2. The van der Waals surface area contributed by atoms with E-state index in [1.807, 2.05) is 42.5 Å². The quantitative estimate of drug-likeness (QED) is 0.649. The Morgan fingerprint density at radius 2 is 1.44 bits per heavy atom. The van der Waals surface area contributed by atoms with E-state index in [4.69, 9.17) is 14.2 Å². The third-order valence-electron chi connectivity index (χ3n) is 3.86. The van der Waals surface area contributed by atoms with Crippen LogP contribution in [0.15, 0.2) is 78.9 Å². The maximum Gasteiger partial charge on any atom is 0.265 e. The molecule has 5 nitrogen and oxygen atoms in total. The van der Waals surface area contributed by atoms with Gasteiger partial charge in [-0.15, -0.1) is 0 Å². The summed E-state index contributed by atoms with van der Waals surface area (Å²) in [7, 11) is 1.60. The average Bonchev–Trinajstić information content (AvgIpc) is 2.71. The first kappa shape index (κ1) is 18.3. The molecule has 1 amide bonds. The van der Waals surface area contributed by atoms with E-state index >= 15 is 0 Å². The normalized spacial score (nSPS) is 11.3. The van der Waals surface area contributed by atoms with Gasteiger partial charge in [0.1, 0.15) is 17.2 Å². The van der Waals surface area contributed by atoms with Crippen molar-refractivity contribution in [2.75, 3.05) is 12.4 Å². The van der Waals surface area contributed by atoms with Gasteiger partial charge in [0.05, 0.1) is 12.8 Å². The van der Waals surface area contributed by atoms with E-state index in [0.29, 0.717) is 22.9 Å². The number of benzene rings is 3. The van der Waals surface area contributed by atoms with Crippen LogP contribution < -0.4 is 19.5 Å². The van der Waals surface area contributed by atoms with Crippen molar-refractivity contribution in [2.24, 2.45) is 0 Å². The summed E-state index contributed by atoms with van der Waals surface area (Å²) in [6, 6.07) is 23.8. The van der Waals surface area contributed by atoms with E-state index in [2.05, 4.69) is 5.32 Å². The van der Waals surface area contributed by atoms with E-state index < -0.39 is 6.10 Å². The highest BCUT2D eigenvalue weighted by atomic mass is 16.5. The van der Waals surface area contributed by atoms with Crippen molar-refractivity contribution in [3.63, 3.8) is 0 Å². The Hall–Kier alpha value is -3.47. The minimum Gasteiger partial charge on any atom is -0.497 e. The lowest BCUT2D eigenvalue weighted by Crippen LogP contribution is -2.30. The maximum absolute atomic E-state index is 12.5. The zero-order valence-corrected chi connectivity index (χ0v) is 15.2. The molecule has 5 heteroatoms. The van der Waals surface area contributed by atoms with Crippen LogP contribution >= 0.6 is 0 Å². The molecule has 3 aromatic rings. The SMILES string of the molecule is COc1ccc(OC(C)C(=O)Nc2ccccc2Oc2ccccc2)cc1. The Morgan fingerprint density at radius 1 is 0.815 bits per heavy atom. The fourth-order valence-corrected chi connectivity index (χ4v) is 2.42. The van der Waals surface area contributed by atoms with Crippen LogP contribution in [0.3, 0.4) is 0 Å². The summed E-state index contributed by atoms with van der Waals surface area (Å²) in [5.74, 6) is 2.31. The van der Waals surface area contributed by atoms with Crippen LogP contribution in [0, 0.1) is 0 Å². The second kappa shape index (κ2) is 8.76. The number of carbonyl (C=O) groups excluding carboxylic acids is 1. The van der Waals surface area contributed by atoms with E-state index in [-0.39, 0.29) is 5.91 Å². The molecular formula is C22H21NO4. The number of anilines is 1. The molecule has 0 saturated carbocycles. The first-order valence-corrected chi connectivity index (χ1v) is 8.59. The van der Waals surface area contributed by atoms with Crippen LogP contribution in [0.2, 0.25) is 0 Å². The van der Waals surface area contributed by atoms with Gasteiger partial charge in [-0.25, -0.2) is 0 Å². The van der Waals surface area contributed by atoms with Crippen molar-refractivity contribution in [3.05, 3.63) is 78.9 Å². The molecule has 0 spiro atoms. The third kappa shape index (κ3) is 5.01. The summed E-state index contributed by atoms with van der Waals surface area (Å²) in [6.07, 6.45) is -0.678. The van der Waals surface area contributed by atoms with Crippen molar-refractivity contribution in [3.8, 4) is 23.0 Å². The van der Waals surface area contributed by atoms with E-state index in [9.17, 15) is 4.79 Å². The van der Waals surface area contributed by atoms with Crippen molar-refractivity contribution in [1.29, 1.82) is 0 Å². The molecule has 1 atom stereocenters. The van der Waals surface area contributed by atoms with E-state index in [1.165, 1.54) is 0 Å². The molecule has 3 aromatic carbocycles. The van der Waals surface area contributed by atoms with Crippen LogP contribution in [0.25, 0.3) is 0 Å². The average molecular weight is 363 g/mol. The fourth-order valence-electron chi connectivity index (χ4n) is 2.42. The molecule has 0 aliphatic rings. The summed E-state index contributed by atoms with van der Waals surface area (Å²) in [5.41, 5.74) is 0.580. The molecule has 0 bridgehead atoms. The lowest BCUT2D eigenvalue weighted by molar-refractivity contribution is -0.122. The summed E-state index contributed by atoms with van der Waals surface area (Å²) in [5, 5.41) is 2.86. The van der Waals surface area contributed by atoms with Gasteiger partial charge in [-0.2, -0.15) is 0 Å². The molecule has 1 N–H and O–H groups in total. The van der Waals surface area contributed by atoms with E-state index in [0.717, 1.165) is 5.75 Å². The summed E-state index contributed by atoms with van der Waals surface area (Å²) >= 11 is 0.